The molecule has 0 bridgehead atoms. The van der Waals surface area contributed by atoms with Gasteiger partial charge in [0.1, 0.15) is 5.75 Å². The van der Waals surface area contributed by atoms with Crippen molar-refractivity contribution in [2.24, 2.45) is 5.73 Å². The molecule has 0 aliphatic rings. The van der Waals surface area contributed by atoms with Crippen LogP contribution in [0.4, 0.5) is 0 Å². The van der Waals surface area contributed by atoms with Crippen LogP contribution in [0.2, 0.25) is 0 Å². The number of benzene rings is 4. The molecular weight excluding hydrogens is 336 g/mol. The molecule has 0 atom stereocenters. The average molecular weight is 356 g/mol. The van der Waals surface area contributed by atoms with Gasteiger partial charge in [-0.05, 0) is 52.2 Å². The summed E-state index contributed by atoms with van der Waals surface area (Å²) < 4.78 is 0. The maximum Gasteiger partial charge on any atom is 0.252 e. The molecule has 0 unspecified atom stereocenters. The molecule has 4 aromatic rings. The number of carbonyl (C=O) groups is 1. The number of phenols is 1. The molecule has 0 aliphatic heterocycles. The van der Waals surface area contributed by atoms with Crippen LogP contribution in [-0.4, -0.2) is 16.7 Å². The van der Waals surface area contributed by atoms with Crippen LogP contribution in [0.3, 0.4) is 0 Å². The van der Waals surface area contributed by atoms with Crippen molar-refractivity contribution < 1.29 is 9.90 Å². The highest BCUT2D eigenvalue weighted by molar-refractivity contribution is 6.01. The first-order valence-electron chi connectivity index (χ1n) is 8.51. The summed E-state index contributed by atoms with van der Waals surface area (Å²) in [4.78, 5) is 10.9. The number of carbonyl (C=O) groups excluding carboxylic acids is 1. The molecule has 4 aromatic carbocycles. The Morgan fingerprint density at radius 2 is 1.33 bits per heavy atom. The van der Waals surface area contributed by atoms with Gasteiger partial charge >= 0.3 is 0 Å². The van der Waals surface area contributed by atoms with E-state index >= 15 is 0 Å². The van der Waals surface area contributed by atoms with E-state index in [-0.39, 0.29) is 11.3 Å². The zero-order valence-corrected chi connectivity index (χ0v) is 14.9. The maximum absolute atomic E-state index is 10.9. The summed E-state index contributed by atoms with van der Waals surface area (Å²) in [7, 11) is 0. The monoisotopic (exact) mass is 356 g/mol. The predicted octanol–water partition coefficient (Wildman–Crippen LogP) is 4.87. The standard InChI is InChI=1S/C12H11N.C11H9NO2/c1-9(13)11-7-6-10-4-2-3-5-12(10)8-11;12-11(14)9-5-7-3-1-2-4-8(7)6-10(9)13/h2-8,13H,1H3;1-6,13H,(H2,12,14). The third-order valence-corrected chi connectivity index (χ3v) is 4.31. The highest BCUT2D eigenvalue weighted by atomic mass is 16.3. The van der Waals surface area contributed by atoms with Crippen molar-refractivity contribution in [3.8, 4) is 5.75 Å². The van der Waals surface area contributed by atoms with E-state index in [1.807, 2.05) is 49.4 Å². The summed E-state index contributed by atoms with van der Waals surface area (Å²) >= 11 is 0. The first-order chi connectivity index (χ1) is 13.0. The van der Waals surface area contributed by atoms with Crippen LogP contribution in [0, 0.1) is 5.41 Å². The number of nitrogens with two attached hydrogens (primary N) is 1. The van der Waals surface area contributed by atoms with Crippen molar-refractivity contribution in [2.75, 3.05) is 0 Å². The number of fused-ring (bicyclic) bond motifs is 2. The van der Waals surface area contributed by atoms with Crippen molar-refractivity contribution >= 4 is 33.2 Å². The molecule has 0 aliphatic carbocycles. The van der Waals surface area contributed by atoms with E-state index in [9.17, 15) is 9.90 Å². The number of aromatic hydroxyl groups is 1. The molecule has 4 heteroatoms. The van der Waals surface area contributed by atoms with Crippen molar-refractivity contribution in [1.29, 1.82) is 5.41 Å². The van der Waals surface area contributed by atoms with Gasteiger partial charge in [-0.15, -0.1) is 0 Å². The highest BCUT2D eigenvalue weighted by Gasteiger charge is 2.08. The number of rotatable bonds is 2. The average Bonchev–Trinajstić information content (AvgIpc) is 2.67. The first kappa shape index (κ1) is 18.1. The number of primary amides is 1. The number of nitrogens with one attached hydrogen (secondary N) is 1. The van der Waals surface area contributed by atoms with Crippen molar-refractivity contribution in [3.05, 3.63) is 90.0 Å². The van der Waals surface area contributed by atoms with Crippen LogP contribution in [0.15, 0.2) is 78.9 Å². The van der Waals surface area contributed by atoms with Crippen LogP contribution in [-0.2, 0) is 0 Å². The third kappa shape index (κ3) is 4.12. The van der Waals surface area contributed by atoms with Gasteiger partial charge in [0.05, 0.1) is 5.56 Å². The Labute approximate surface area is 157 Å². The number of amides is 1. The van der Waals surface area contributed by atoms with Gasteiger partial charge in [0.15, 0.2) is 0 Å². The van der Waals surface area contributed by atoms with Gasteiger partial charge in [-0.3, -0.25) is 4.79 Å². The first-order valence-corrected chi connectivity index (χ1v) is 8.51. The van der Waals surface area contributed by atoms with Crippen LogP contribution >= 0.6 is 0 Å². The molecule has 4 N–H and O–H groups in total. The van der Waals surface area contributed by atoms with E-state index in [1.165, 1.54) is 16.8 Å². The molecule has 4 rings (SSSR count). The molecule has 0 aromatic heterocycles. The maximum atomic E-state index is 10.9. The van der Waals surface area contributed by atoms with E-state index in [1.54, 1.807) is 6.07 Å². The Bertz CT molecular complexity index is 1150. The minimum atomic E-state index is -0.617. The van der Waals surface area contributed by atoms with Crippen molar-refractivity contribution in [2.45, 2.75) is 6.92 Å². The molecule has 0 radical (unpaired) electrons. The van der Waals surface area contributed by atoms with E-state index in [4.69, 9.17) is 11.1 Å². The Kier molecular flexibility index (Phi) is 5.18. The fourth-order valence-electron chi connectivity index (χ4n) is 2.85. The van der Waals surface area contributed by atoms with Crippen LogP contribution < -0.4 is 5.73 Å². The lowest BCUT2D eigenvalue weighted by Gasteiger charge is -2.02. The van der Waals surface area contributed by atoms with Gasteiger partial charge in [0.25, 0.3) is 5.91 Å². The minimum Gasteiger partial charge on any atom is -0.507 e. The van der Waals surface area contributed by atoms with Crippen LogP contribution in [0.1, 0.15) is 22.8 Å². The molecule has 0 fully saturated rings. The summed E-state index contributed by atoms with van der Waals surface area (Å²) in [6.07, 6.45) is 0. The van der Waals surface area contributed by atoms with Crippen molar-refractivity contribution in [3.63, 3.8) is 0 Å². The summed E-state index contributed by atoms with van der Waals surface area (Å²) in [5, 5.41) is 21.2. The zero-order chi connectivity index (χ0) is 19.4. The highest BCUT2D eigenvalue weighted by Crippen LogP contribution is 2.24. The quantitative estimate of drug-likeness (QED) is 0.447. The fourth-order valence-corrected chi connectivity index (χ4v) is 2.85. The van der Waals surface area contributed by atoms with Crippen LogP contribution in [0.25, 0.3) is 21.5 Å². The molecule has 134 valence electrons. The summed E-state index contributed by atoms with van der Waals surface area (Å²) in [6.45, 7) is 1.81. The topological polar surface area (TPSA) is 87.2 Å². The zero-order valence-electron chi connectivity index (χ0n) is 14.9. The van der Waals surface area contributed by atoms with E-state index < -0.39 is 5.91 Å². The Morgan fingerprint density at radius 1 is 0.815 bits per heavy atom. The minimum absolute atomic E-state index is 0.0730. The van der Waals surface area contributed by atoms with Gasteiger partial charge in [-0.1, -0.05) is 60.7 Å². The molecule has 4 nitrogen and oxygen atoms in total. The molecule has 0 saturated heterocycles. The van der Waals surface area contributed by atoms with E-state index in [2.05, 4.69) is 24.3 Å². The third-order valence-electron chi connectivity index (χ3n) is 4.31. The molecule has 0 spiro atoms. The molecule has 0 heterocycles. The largest absolute Gasteiger partial charge is 0.507 e. The van der Waals surface area contributed by atoms with E-state index in [0.717, 1.165) is 16.3 Å². The second kappa shape index (κ2) is 7.70. The SMILES string of the molecule is CC(=N)c1ccc2ccccc2c1.NC(=O)c1cc2ccccc2cc1O. The Hall–Kier alpha value is -3.66. The second-order valence-corrected chi connectivity index (χ2v) is 6.27. The summed E-state index contributed by atoms with van der Waals surface area (Å²) in [5.74, 6) is -0.690. The summed E-state index contributed by atoms with van der Waals surface area (Å²) in [6, 6.07) is 24.9. The Balaban J connectivity index is 0.000000156. The Morgan fingerprint density at radius 3 is 1.89 bits per heavy atom. The van der Waals surface area contributed by atoms with Gasteiger partial charge in [0, 0.05) is 5.71 Å². The number of hydrogen-bond acceptors (Lipinski definition) is 3. The second-order valence-electron chi connectivity index (χ2n) is 6.27. The molecular formula is C23H20N2O2. The van der Waals surface area contributed by atoms with Gasteiger partial charge in [-0.2, -0.15) is 0 Å². The van der Waals surface area contributed by atoms with Gasteiger partial charge in [0.2, 0.25) is 0 Å². The van der Waals surface area contributed by atoms with Gasteiger partial charge < -0.3 is 16.2 Å². The van der Waals surface area contributed by atoms with Crippen molar-refractivity contribution in [1.82, 2.24) is 0 Å². The molecule has 0 saturated carbocycles. The van der Waals surface area contributed by atoms with E-state index in [0.29, 0.717) is 5.71 Å². The summed E-state index contributed by atoms with van der Waals surface area (Å²) in [5.41, 5.74) is 6.88. The lowest BCUT2D eigenvalue weighted by molar-refractivity contribution is 0.0998. The number of hydrogen-bond donors (Lipinski definition) is 3. The lowest BCUT2D eigenvalue weighted by Crippen LogP contribution is -2.10. The fraction of sp³-hybridized carbons (Fsp3) is 0.0435. The smallest absolute Gasteiger partial charge is 0.252 e. The van der Waals surface area contributed by atoms with Gasteiger partial charge in [-0.25, -0.2) is 0 Å². The molecule has 27 heavy (non-hydrogen) atoms. The van der Waals surface area contributed by atoms with Crippen LogP contribution in [0.5, 0.6) is 5.75 Å². The predicted molar refractivity (Wildman–Crippen MR) is 111 cm³/mol. The normalized spacial score (nSPS) is 10.3. The lowest BCUT2D eigenvalue weighted by atomic mass is 10.1. The molecule has 1 amide bonds.